The van der Waals surface area contributed by atoms with Crippen molar-refractivity contribution in [2.45, 2.75) is 36.5 Å². The van der Waals surface area contributed by atoms with E-state index in [0.717, 1.165) is 0 Å². The number of fused-ring (bicyclic) bond motifs is 2. The molecular formula is C29H31N3O10S2. The fourth-order valence-electron chi connectivity index (χ4n) is 5.04. The lowest BCUT2D eigenvalue weighted by Crippen LogP contribution is -2.28. The molecule has 4 rings (SSSR count). The van der Waals surface area contributed by atoms with E-state index in [-0.39, 0.29) is 71.2 Å². The van der Waals surface area contributed by atoms with Crippen LogP contribution in [-0.4, -0.2) is 74.5 Å². The first-order valence-corrected chi connectivity index (χ1v) is 16.4. The van der Waals surface area contributed by atoms with Gasteiger partial charge in [0, 0.05) is 55.2 Å². The summed E-state index contributed by atoms with van der Waals surface area (Å²) in [5, 5.41) is 11.8. The van der Waals surface area contributed by atoms with Gasteiger partial charge in [0.05, 0.1) is 11.0 Å². The Kier molecular flexibility index (Phi) is 9.44. The number of carbonyl (C=O) groups is 2. The van der Waals surface area contributed by atoms with E-state index < -0.39 is 53.2 Å². The van der Waals surface area contributed by atoms with Crippen LogP contribution in [0.5, 0.6) is 0 Å². The van der Waals surface area contributed by atoms with E-state index in [1.165, 1.54) is 42.3 Å². The molecule has 0 unspecified atom stereocenters. The highest BCUT2D eigenvalue weighted by molar-refractivity contribution is 7.86. The second kappa shape index (κ2) is 12.7. The highest BCUT2D eigenvalue weighted by atomic mass is 32.2. The minimum Gasteiger partial charge on any atom is -0.481 e. The SMILES string of the molecule is CC/N=c1\ccc2c(-c3ccccc3C(=O)N(C)CCCC(=O)O)c3ccc(NCC)c(S(=O)(=O)O)c3oc-2c1S(=O)(=O)O. The Labute approximate surface area is 253 Å². The van der Waals surface area contributed by atoms with Gasteiger partial charge < -0.3 is 19.7 Å². The molecule has 13 nitrogen and oxygen atoms in total. The van der Waals surface area contributed by atoms with E-state index in [4.69, 9.17) is 9.52 Å². The Bertz CT molecular complexity index is 2020. The normalized spacial score (nSPS) is 12.5. The van der Waals surface area contributed by atoms with Gasteiger partial charge in [-0.3, -0.25) is 23.7 Å². The average Bonchev–Trinajstić information content (AvgIpc) is 2.94. The summed E-state index contributed by atoms with van der Waals surface area (Å²) in [5.74, 6) is -1.94. The van der Waals surface area contributed by atoms with Crippen molar-refractivity contribution in [3.8, 4) is 22.5 Å². The number of nitrogens with one attached hydrogen (secondary N) is 1. The number of carboxylic acid groups (broad SMARTS) is 1. The van der Waals surface area contributed by atoms with Crippen LogP contribution in [0.4, 0.5) is 5.69 Å². The summed E-state index contributed by atoms with van der Waals surface area (Å²) in [6.07, 6.45) is 0.0486. The second-order valence-electron chi connectivity index (χ2n) is 9.81. The monoisotopic (exact) mass is 645 g/mol. The fraction of sp³-hybridized carbons (Fsp3) is 0.276. The Morgan fingerprint density at radius 2 is 1.61 bits per heavy atom. The first kappa shape index (κ1) is 32.6. The van der Waals surface area contributed by atoms with Crippen molar-refractivity contribution >= 4 is 48.8 Å². The van der Waals surface area contributed by atoms with E-state index in [0.29, 0.717) is 0 Å². The Morgan fingerprint density at radius 1 is 0.932 bits per heavy atom. The number of anilines is 1. The lowest BCUT2D eigenvalue weighted by atomic mass is 9.90. The molecule has 0 atom stereocenters. The van der Waals surface area contributed by atoms with Gasteiger partial charge in [0.1, 0.15) is 0 Å². The number of carbonyl (C=O) groups excluding carboxylic acids is 1. The van der Waals surface area contributed by atoms with Gasteiger partial charge in [-0.15, -0.1) is 0 Å². The zero-order valence-corrected chi connectivity index (χ0v) is 25.7. The van der Waals surface area contributed by atoms with E-state index in [1.807, 2.05) is 0 Å². The lowest BCUT2D eigenvalue weighted by molar-refractivity contribution is -0.137. The number of amides is 1. The van der Waals surface area contributed by atoms with Crippen molar-refractivity contribution in [3.05, 3.63) is 59.5 Å². The van der Waals surface area contributed by atoms with Crippen LogP contribution in [-0.2, 0) is 25.0 Å². The molecule has 44 heavy (non-hydrogen) atoms. The molecule has 0 saturated carbocycles. The minimum absolute atomic E-state index is 0.0260. The standard InChI is InChI=1S/C29H31N3O10S2/c1-4-30-21-14-12-19-24(17-9-6-7-10-18(17)29(35)32(3)16-8-11-23(33)34)20-13-15-22(31-5-2)28(44(39,40)41)26(20)42-25(19)27(21)43(36,37)38/h6-7,9-10,12-15,30H,4-5,8,11,16H2,1-3H3,(H,33,34)(H,36,37,38)(H,39,40,41)/b31-22+. The summed E-state index contributed by atoms with van der Waals surface area (Å²) >= 11 is 0. The van der Waals surface area contributed by atoms with Crippen molar-refractivity contribution in [2.24, 2.45) is 4.99 Å². The highest BCUT2D eigenvalue weighted by Gasteiger charge is 2.32. The molecule has 0 saturated heterocycles. The van der Waals surface area contributed by atoms with Crippen molar-refractivity contribution in [1.29, 1.82) is 0 Å². The van der Waals surface area contributed by atoms with Crippen LogP contribution in [0, 0.1) is 0 Å². The second-order valence-corrected chi connectivity index (χ2v) is 12.5. The molecule has 0 aromatic heterocycles. The molecule has 0 fully saturated rings. The molecule has 234 valence electrons. The van der Waals surface area contributed by atoms with Crippen molar-refractivity contribution in [1.82, 2.24) is 4.90 Å². The van der Waals surface area contributed by atoms with Gasteiger partial charge in [0.15, 0.2) is 21.1 Å². The van der Waals surface area contributed by atoms with Gasteiger partial charge >= 0.3 is 5.97 Å². The van der Waals surface area contributed by atoms with E-state index in [1.54, 1.807) is 32.0 Å². The quantitative estimate of drug-likeness (QED) is 0.136. The van der Waals surface area contributed by atoms with Crippen LogP contribution in [0.15, 0.2) is 67.7 Å². The molecule has 1 heterocycles. The topological polar surface area (TPSA) is 204 Å². The molecule has 1 amide bonds. The van der Waals surface area contributed by atoms with Crippen molar-refractivity contribution < 1.29 is 45.1 Å². The molecule has 15 heteroatoms. The number of nitrogens with zero attached hydrogens (tertiary/aromatic N) is 2. The molecular weight excluding hydrogens is 614 g/mol. The fourth-order valence-corrected chi connectivity index (χ4v) is 6.63. The highest BCUT2D eigenvalue weighted by Crippen LogP contribution is 2.46. The molecule has 0 bridgehead atoms. The number of carboxylic acids is 1. The summed E-state index contributed by atoms with van der Waals surface area (Å²) in [5.41, 5.74) is 0.230. The van der Waals surface area contributed by atoms with Crippen LogP contribution in [0.2, 0.25) is 0 Å². The first-order chi connectivity index (χ1) is 20.7. The van der Waals surface area contributed by atoms with Gasteiger partial charge in [-0.1, -0.05) is 18.2 Å². The summed E-state index contributed by atoms with van der Waals surface area (Å²) < 4.78 is 77.6. The third-order valence-corrected chi connectivity index (χ3v) is 8.65. The molecule has 1 aliphatic heterocycles. The van der Waals surface area contributed by atoms with Crippen molar-refractivity contribution in [3.63, 3.8) is 0 Å². The average molecular weight is 646 g/mol. The van der Waals surface area contributed by atoms with Crippen LogP contribution < -0.4 is 10.7 Å². The number of aliphatic carboxylic acids is 1. The van der Waals surface area contributed by atoms with E-state index in [2.05, 4.69) is 10.3 Å². The molecule has 2 aromatic rings. The smallest absolute Gasteiger partial charge is 0.303 e. The molecule has 1 aliphatic carbocycles. The summed E-state index contributed by atoms with van der Waals surface area (Å²) in [7, 11) is -8.50. The maximum atomic E-state index is 13.7. The third kappa shape index (κ3) is 6.45. The van der Waals surface area contributed by atoms with Crippen LogP contribution in [0.3, 0.4) is 0 Å². The number of benzene rings is 3. The van der Waals surface area contributed by atoms with Gasteiger partial charge in [-0.25, -0.2) is 0 Å². The maximum Gasteiger partial charge on any atom is 0.303 e. The number of hydrogen-bond donors (Lipinski definition) is 4. The third-order valence-electron chi connectivity index (χ3n) is 6.82. The molecule has 2 aliphatic rings. The predicted molar refractivity (Wildman–Crippen MR) is 162 cm³/mol. The van der Waals surface area contributed by atoms with E-state index in [9.17, 15) is 35.5 Å². The first-order valence-electron chi connectivity index (χ1n) is 13.5. The molecule has 2 aromatic carbocycles. The zero-order valence-electron chi connectivity index (χ0n) is 24.1. The lowest BCUT2D eigenvalue weighted by Gasteiger charge is -2.23. The van der Waals surface area contributed by atoms with Crippen LogP contribution >= 0.6 is 0 Å². The zero-order chi connectivity index (χ0) is 32.4. The summed E-state index contributed by atoms with van der Waals surface area (Å²) in [6.45, 7) is 3.87. The molecule has 4 N–H and O–H groups in total. The number of rotatable bonds is 11. The van der Waals surface area contributed by atoms with Gasteiger partial charge in [0.25, 0.3) is 26.1 Å². The van der Waals surface area contributed by atoms with Gasteiger partial charge in [0.2, 0.25) is 0 Å². The Hall–Kier alpha value is -4.31. The minimum atomic E-state index is -5.01. The van der Waals surface area contributed by atoms with E-state index >= 15 is 0 Å². The Balaban J connectivity index is 2.20. The largest absolute Gasteiger partial charge is 0.481 e. The maximum absolute atomic E-state index is 13.7. The summed E-state index contributed by atoms with van der Waals surface area (Å²) in [6, 6.07) is 12.1. The van der Waals surface area contributed by atoms with Crippen LogP contribution in [0.1, 0.15) is 37.0 Å². The number of hydrogen-bond acceptors (Lipinski definition) is 9. The van der Waals surface area contributed by atoms with Gasteiger partial charge in [-0.2, -0.15) is 16.8 Å². The van der Waals surface area contributed by atoms with Crippen molar-refractivity contribution in [2.75, 3.05) is 32.0 Å². The summed E-state index contributed by atoms with van der Waals surface area (Å²) in [4.78, 5) is 28.8. The van der Waals surface area contributed by atoms with Crippen LogP contribution in [0.25, 0.3) is 33.4 Å². The predicted octanol–water partition coefficient (Wildman–Crippen LogP) is 3.99. The Morgan fingerprint density at radius 3 is 2.23 bits per heavy atom. The van der Waals surface area contributed by atoms with Gasteiger partial charge in [-0.05, 0) is 56.2 Å². The molecule has 0 spiro atoms. The molecule has 0 radical (unpaired) electrons.